The molecule has 10 aliphatic heterocycles. The Kier molecular flexibility index (Phi) is 38.5. The highest BCUT2D eigenvalue weighted by atomic mass is 35.5. The average molecular weight is 1750 g/mol. The number of allylic oxidation sites excluding steroid dienone is 2. The summed E-state index contributed by atoms with van der Waals surface area (Å²) < 4.78 is 0. The van der Waals surface area contributed by atoms with Crippen molar-refractivity contribution >= 4 is 69.5 Å². The number of likely N-dealkylation sites (tertiary alicyclic amines) is 1. The summed E-state index contributed by atoms with van der Waals surface area (Å²) in [5.74, 6) is 2.91. The van der Waals surface area contributed by atoms with Crippen molar-refractivity contribution < 1.29 is 24.0 Å². The van der Waals surface area contributed by atoms with Crippen molar-refractivity contribution in [1.82, 2.24) is 49.0 Å². The second-order valence-corrected chi connectivity index (χ2v) is 38.5. The van der Waals surface area contributed by atoms with Gasteiger partial charge in [-0.15, -0.1) is 0 Å². The van der Waals surface area contributed by atoms with Crippen molar-refractivity contribution in [2.45, 2.75) is 302 Å². The first-order valence-electron chi connectivity index (χ1n) is 49.2. The maximum atomic E-state index is 12.6. The first-order valence-corrected chi connectivity index (χ1v) is 50.0. The third-order valence-electron chi connectivity index (χ3n) is 29.5. The van der Waals surface area contributed by atoms with Crippen molar-refractivity contribution in [2.75, 3.05) is 98.2 Å². The van der Waals surface area contributed by atoms with Gasteiger partial charge in [-0.25, -0.2) is 0 Å². The van der Waals surface area contributed by atoms with Crippen LogP contribution in [0, 0.1) is 0 Å². The number of carbonyl (C=O) groups is 5. The Balaban J connectivity index is 0.000000144. The SMILES string of the molecule is CCC(=O)N1C2CCCC1CN(C/C=C(\C)c1ccc(Cl)c(Cl)c1)CC2.CCC(=O)N1C2CCCC1CN(C/C=C(\C)c1ccccc1)CC2.CCC(=O)N1C2CCCC1CN(CC=C(c1ccccc1)c1ccccc1)CC2.CCC(=O)N1C2CCCC1CN(CCC(C)c1ccccc1)CC2.CCC(=O)N1CCC2CCC(C1)N2CCC(C)c1ccccc1. The molecule has 682 valence electrons. The second kappa shape index (κ2) is 49.9. The molecule has 6 aromatic carbocycles. The molecule has 15 nitrogen and oxygen atoms in total. The van der Waals surface area contributed by atoms with E-state index in [1.54, 1.807) is 0 Å². The minimum Gasteiger partial charge on any atom is -0.341 e. The van der Waals surface area contributed by atoms with Crippen molar-refractivity contribution in [3.8, 4) is 0 Å². The van der Waals surface area contributed by atoms with Crippen LogP contribution in [0.5, 0.6) is 0 Å². The van der Waals surface area contributed by atoms with Gasteiger partial charge in [-0.3, -0.25) is 43.6 Å². The number of nitrogens with zero attached hydrogens (tertiary/aromatic N) is 10. The summed E-state index contributed by atoms with van der Waals surface area (Å²) in [4.78, 5) is 85.8. The third-order valence-corrected chi connectivity index (χ3v) is 30.2. The van der Waals surface area contributed by atoms with Gasteiger partial charge in [0.2, 0.25) is 29.5 Å². The molecule has 10 heterocycles. The van der Waals surface area contributed by atoms with Crippen molar-refractivity contribution in [3.63, 3.8) is 0 Å². The normalized spacial score (nSPS) is 24.7. The van der Waals surface area contributed by atoms with E-state index < -0.39 is 0 Å². The highest BCUT2D eigenvalue weighted by Crippen LogP contribution is 2.38. The summed E-state index contributed by atoms with van der Waals surface area (Å²) in [6.45, 7) is 34.4. The van der Waals surface area contributed by atoms with E-state index in [-0.39, 0.29) is 0 Å². The van der Waals surface area contributed by atoms with Crippen LogP contribution < -0.4 is 0 Å². The van der Waals surface area contributed by atoms with E-state index in [2.05, 4.69) is 247 Å². The molecule has 5 amide bonds. The number of halogens is 2. The molecule has 12 atom stereocenters. The van der Waals surface area contributed by atoms with Crippen LogP contribution in [-0.4, -0.2) is 237 Å². The number of amides is 5. The lowest BCUT2D eigenvalue weighted by Gasteiger charge is -2.40. The Labute approximate surface area is 768 Å². The Hall–Kier alpha value is -7.73. The number of fused-ring (bicyclic) bond motifs is 10. The fourth-order valence-electron chi connectivity index (χ4n) is 22.1. The maximum Gasteiger partial charge on any atom is 0.222 e. The summed E-state index contributed by atoms with van der Waals surface area (Å²) in [5.41, 5.74) is 11.6. The summed E-state index contributed by atoms with van der Waals surface area (Å²) in [6.07, 6.45) is 35.2. The molecule has 0 aliphatic carbocycles. The van der Waals surface area contributed by atoms with Crippen LogP contribution in [0.1, 0.15) is 274 Å². The summed E-state index contributed by atoms with van der Waals surface area (Å²) in [7, 11) is 0. The lowest BCUT2D eigenvalue weighted by atomic mass is 9.94. The van der Waals surface area contributed by atoms with Crippen LogP contribution in [-0.2, 0) is 24.0 Å². The monoisotopic (exact) mass is 1750 g/mol. The molecule has 0 aromatic heterocycles. The van der Waals surface area contributed by atoms with Gasteiger partial charge in [-0.2, -0.15) is 0 Å². The zero-order chi connectivity index (χ0) is 88.9. The number of carbonyl (C=O) groups excluding carboxylic acids is 5. The number of hydrogen-bond donors (Lipinski definition) is 0. The van der Waals surface area contributed by atoms with Gasteiger partial charge < -0.3 is 29.4 Å². The second-order valence-electron chi connectivity index (χ2n) is 37.7. The zero-order valence-corrected chi connectivity index (χ0v) is 79.6. The molecular weight excluding hydrogens is 1600 g/mol. The molecule has 12 unspecified atom stereocenters. The third kappa shape index (κ3) is 27.2. The van der Waals surface area contributed by atoms with E-state index in [1.807, 2.05) is 52.8 Å². The molecule has 6 aromatic rings. The molecule has 126 heavy (non-hydrogen) atoms. The van der Waals surface area contributed by atoms with Gasteiger partial charge in [0.15, 0.2) is 0 Å². The molecule has 10 saturated heterocycles. The van der Waals surface area contributed by atoms with E-state index in [9.17, 15) is 24.0 Å². The van der Waals surface area contributed by atoms with Gasteiger partial charge in [0, 0.05) is 178 Å². The van der Waals surface area contributed by atoms with Crippen LogP contribution in [0.15, 0.2) is 188 Å². The Bertz CT molecular complexity index is 4400. The predicted octanol–water partition coefficient (Wildman–Crippen LogP) is 21.9. The van der Waals surface area contributed by atoms with E-state index in [0.717, 1.165) is 149 Å². The number of hydrogen-bond acceptors (Lipinski definition) is 10. The molecule has 10 aliphatic rings. The zero-order valence-electron chi connectivity index (χ0n) is 78.1. The van der Waals surface area contributed by atoms with Gasteiger partial charge in [-0.1, -0.05) is 248 Å². The van der Waals surface area contributed by atoms with Gasteiger partial charge in [0.1, 0.15) is 0 Å². The molecule has 10 bridgehead atoms. The van der Waals surface area contributed by atoms with E-state index >= 15 is 0 Å². The molecule has 10 fully saturated rings. The van der Waals surface area contributed by atoms with E-state index in [0.29, 0.717) is 144 Å². The Morgan fingerprint density at radius 3 is 1.06 bits per heavy atom. The fraction of sp³-hybridized carbons (Fsp3) is 0.569. The molecule has 0 radical (unpaired) electrons. The van der Waals surface area contributed by atoms with Crippen LogP contribution in [0.25, 0.3) is 16.7 Å². The van der Waals surface area contributed by atoms with E-state index in [1.165, 1.54) is 135 Å². The Morgan fingerprint density at radius 2 is 0.659 bits per heavy atom. The molecule has 0 N–H and O–H groups in total. The molecule has 16 rings (SSSR count). The fourth-order valence-corrected chi connectivity index (χ4v) is 22.4. The predicted molar refractivity (Wildman–Crippen MR) is 523 cm³/mol. The smallest absolute Gasteiger partial charge is 0.222 e. The van der Waals surface area contributed by atoms with Gasteiger partial charge in [-0.05, 0) is 236 Å². The lowest BCUT2D eigenvalue weighted by Crippen LogP contribution is -2.51. The molecule has 0 saturated carbocycles. The number of piperidine rings is 4. The van der Waals surface area contributed by atoms with Crippen LogP contribution in [0.2, 0.25) is 10.0 Å². The van der Waals surface area contributed by atoms with Gasteiger partial charge in [0.25, 0.3) is 0 Å². The van der Waals surface area contributed by atoms with Crippen molar-refractivity contribution in [3.05, 3.63) is 232 Å². The van der Waals surface area contributed by atoms with Crippen LogP contribution >= 0.6 is 23.2 Å². The number of benzene rings is 6. The molecular formula is C109H152Cl2N10O5. The first kappa shape index (κ1) is 97.3. The van der Waals surface area contributed by atoms with Gasteiger partial charge >= 0.3 is 0 Å². The first-order chi connectivity index (χ1) is 61.3. The maximum absolute atomic E-state index is 12.6. The van der Waals surface area contributed by atoms with Crippen molar-refractivity contribution in [2.24, 2.45) is 0 Å². The van der Waals surface area contributed by atoms with Crippen LogP contribution in [0.4, 0.5) is 0 Å². The minimum absolute atomic E-state index is 0.323. The quantitative estimate of drug-likeness (QED) is 0.0614. The van der Waals surface area contributed by atoms with E-state index in [4.69, 9.17) is 23.2 Å². The summed E-state index contributed by atoms with van der Waals surface area (Å²) in [5, 5.41) is 1.18. The average Bonchev–Trinajstić information content (AvgIpc) is 1.68. The summed E-state index contributed by atoms with van der Waals surface area (Å²) in [6, 6.07) is 64.1. The Morgan fingerprint density at radius 1 is 0.325 bits per heavy atom. The highest BCUT2D eigenvalue weighted by Gasteiger charge is 2.43. The highest BCUT2D eigenvalue weighted by molar-refractivity contribution is 6.42. The minimum atomic E-state index is 0.323. The molecule has 0 spiro atoms. The summed E-state index contributed by atoms with van der Waals surface area (Å²) >= 11 is 12.2. The van der Waals surface area contributed by atoms with Crippen molar-refractivity contribution in [1.29, 1.82) is 0 Å². The topological polar surface area (TPSA) is 118 Å². The van der Waals surface area contributed by atoms with Gasteiger partial charge in [0.05, 0.1) is 10.0 Å². The number of rotatable bonds is 23. The molecule has 17 heteroatoms. The largest absolute Gasteiger partial charge is 0.341 e. The standard InChI is InChI=1S/C26H32N2O.C21H28Cl2N2O.C21H32N2O.C21H30N2O.C20H30N2O/c1-2-26(29)28-23-14-9-15-24(28)20-27(18-16-23)19-17-25(21-10-5-3-6-11-21)22-12-7-4-8-13-22;1-3-21(26)25-17-5-4-6-18(25)14-24(12-10-17)11-9-15(2)16-7-8-19(22)20(23)13-16;2*1-3-21(24)23-19-10-7-11-20(23)16-22(15-13-19)14-12-17(2)18-8-5-4-6-9-18;1-3-20(23)21-13-12-18-9-10-19(15-21)22(18)14-11-16(2)17-7-5-4-6-8-17/h3-8,10-13,17,23-24H,2,9,14-16,18-20H2,1H3;7-9,13,17-18H,3-6,10-12,14H2,1-2H3;4-6,8-9,17,19-20H,3,7,10-16H2,1-2H3;4-6,8-9,12,19-20H,3,7,10-11,13-16H2,1-2H3;4-8,16,18-19H,3,9-15H2,1-2H3/b;15-9+;;17-12+;. The van der Waals surface area contributed by atoms with Crippen LogP contribution in [0.3, 0.4) is 0 Å². The lowest BCUT2D eigenvalue weighted by molar-refractivity contribution is -0.138.